The second-order valence-corrected chi connectivity index (χ2v) is 3.20. The second-order valence-electron chi connectivity index (χ2n) is 2.28. The molecule has 0 N–H and O–H groups in total. The van der Waals surface area contributed by atoms with Crippen LogP contribution in [0.2, 0.25) is 0 Å². The van der Waals surface area contributed by atoms with E-state index in [4.69, 9.17) is 4.42 Å². The number of oxazole rings is 1. The lowest BCUT2D eigenvalue weighted by molar-refractivity contribution is 0.109. The number of rotatable bonds is 1. The highest BCUT2D eigenvalue weighted by Gasteiger charge is 2.03. The average molecular weight is 226 g/mol. The molecule has 60 valence electrons. The summed E-state index contributed by atoms with van der Waals surface area (Å²) in [6, 6.07) is 5.41. The third kappa shape index (κ3) is 1.14. The Kier molecular flexibility index (Phi) is 1.69. The predicted octanol–water partition coefficient (Wildman–Crippen LogP) is 2.40. The molecule has 2 aromatic rings. The van der Waals surface area contributed by atoms with Crippen LogP contribution in [0.25, 0.3) is 11.1 Å². The Bertz CT molecular complexity index is 436. The summed E-state index contributed by atoms with van der Waals surface area (Å²) in [6.07, 6.45) is 0.591. The number of carbonyl (C=O) groups is 1. The number of nitrogens with zero attached hydrogens (tertiary/aromatic N) is 1. The standard InChI is InChI=1S/C8H4BrNO2/c9-5-1-2-6-7(3-5)12-8(4-11)10-6/h1-4H. The van der Waals surface area contributed by atoms with Crippen molar-refractivity contribution in [3.63, 3.8) is 0 Å². The highest BCUT2D eigenvalue weighted by atomic mass is 79.9. The number of hydrogen-bond donors (Lipinski definition) is 0. The number of carbonyl (C=O) groups excluding carboxylic acids is 1. The van der Waals surface area contributed by atoms with E-state index in [0.717, 1.165) is 4.47 Å². The normalized spacial score (nSPS) is 10.4. The van der Waals surface area contributed by atoms with Crippen LogP contribution in [0.5, 0.6) is 0 Å². The fourth-order valence-corrected chi connectivity index (χ4v) is 1.31. The summed E-state index contributed by atoms with van der Waals surface area (Å²) in [4.78, 5) is 14.2. The molecule has 12 heavy (non-hydrogen) atoms. The number of fused-ring (bicyclic) bond motifs is 1. The summed E-state index contributed by atoms with van der Waals surface area (Å²) in [6.45, 7) is 0. The van der Waals surface area contributed by atoms with Gasteiger partial charge in [-0.05, 0) is 18.2 Å². The average Bonchev–Trinajstić information content (AvgIpc) is 2.46. The van der Waals surface area contributed by atoms with Crippen molar-refractivity contribution in [2.45, 2.75) is 0 Å². The third-order valence-corrected chi connectivity index (χ3v) is 1.96. The van der Waals surface area contributed by atoms with Gasteiger partial charge < -0.3 is 4.42 Å². The van der Waals surface area contributed by atoms with Gasteiger partial charge in [-0.2, -0.15) is 0 Å². The molecule has 4 heteroatoms. The summed E-state index contributed by atoms with van der Waals surface area (Å²) in [5.41, 5.74) is 1.31. The Morgan fingerprint density at radius 3 is 3.08 bits per heavy atom. The molecular weight excluding hydrogens is 222 g/mol. The van der Waals surface area contributed by atoms with Gasteiger partial charge in [-0.1, -0.05) is 15.9 Å². The van der Waals surface area contributed by atoms with Gasteiger partial charge in [0.05, 0.1) is 0 Å². The predicted molar refractivity (Wildman–Crippen MR) is 47.1 cm³/mol. The lowest BCUT2D eigenvalue weighted by Crippen LogP contribution is -1.74. The zero-order chi connectivity index (χ0) is 8.55. The lowest BCUT2D eigenvalue weighted by Gasteiger charge is -1.85. The lowest BCUT2D eigenvalue weighted by atomic mass is 10.3. The molecule has 0 spiro atoms. The van der Waals surface area contributed by atoms with Gasteiger partial charge in [-0.15, -0.1) is 0 Å². The van der Waals surface area contributed by atoms with Crippen LogP contribution in [-0.2, 0) is 0 Å². The Labute approximate surface area is 76.5 Å². The maximum atomic E-state index is 10.3. The third-order valence-electron chi connectivity index (χ3n) is 1.47. The quantitative estimate of drug-likeness (QED) is 0.701. The summed E-state index contributed by atoms with van der Waals surface area (Å²) < 4.78 is 5.99. The smallest absolute Gasteiger partial charge is 0.260 e. The first kappa shape index (κ1) is 7.49. The molecule has 0 atom stereocenters. The molecule has 0 aliphatic carbocycles. The maximum Gasteiger partial charge on any atom is 0.260 e. The number of hydrogen-bond acceptors (Lipinski definition) is 3. The SMILES string of the molecule is O=Cc1nc2ccc(Br)cc2o1. The summed E-state index contributed by atoms with van der Waals surface area (Å²) >= 11 is 3.29. The van der Waals surface area contributed by atoms with E-state index in [-0.39, 0.29) is 5.89 Å². The summed E-state index contributed by atoms with van der Waals surface area (Å²) in [5.74, 6) is 0.114. The van der Waals surface area contributed by atoms with Gasteiger partial charge in [0.1, 0.15) is 5.52 Å². The van der Waals surface area contributed by atoms with Crippen molar-refractivity contribution in [3.8, 4) is 0 Å². The zero-order valence-electron chi connectivity index (χ0n) is 5.95. The van der Waals surface area contributed by atoms with Crippen molar-refractivity contribution < 1.29 is 9.21 Å². The van der Waals surface area contributed by atoms with Gasteiger partial charge >= 0.3 is 0 Å². The molecule has 3 nitrogen and oxygen atoms in total. The van der Waals surface area contributed by atoms with Gasteiger partial charge in [0, 0.05) is 4.47 Å². The van der Waals surface area contributed by atoms with Crippen molar-refractivity contribution in [2.24, 2.45) is 0 Å². The molecule has 0 fully saturated rings. The minimum atomic E-state index is 0.114. The number of aldehydes is 1. The minimum Gasteiger partial charge on any atom is -0.434 e. The molecule has 0 saturated heterocycles. The molecule has 0 saturated carbocycles. The van der Waals surface area contributed by atoms with Crippen LogP contribution < -0.4 is 0 Å². The van der Waals surface area contributed by atoms with Crippen LogP contribution in [0.1, 0.15) is 10.7 Å². The zero-order valence-corrected chi connectivity index (χ0v) is 7.54. The molecule has 1 aromatic carbocycles. The van der Waals surface area contributed by atoms with E-state index in [1.54, 1.807) is 12.1 Å². The number of halogens is 1. The molecule has 0 aliphatic heterocycles. The van der Waals surface area contributed by atoms with Crippen molar-refractivity contribution >= 4 is 33.3 Å². The van der Waals surface area contributed by atoms with Crippen molar-refractivity contribution in [1.82, 2.24) is 4.98 Å². The van der Waals surface area contributed by atoms with E-state index >= 15 is 0 Å². The van der Waals surface area contributed by atoms with Crippen LogP contribution >= 0.6 is 15.9 Å². The van der Waals surface area contributed by atoms with Gasteiger partial charge in [0.25, 0.3) is 5.89 Å². The highest BCUT2D eigenvalue weighted by Crippen LogP contribution is 2.19. The van der Waals surface area contributed by atoms with Crippen LogP contribution in [0.15, 0.2) is 27.1 Å². The fourth-order valence-electron chi connectivity index (χ4n) is 0.967. The van der Waals surface area contributed by atoms with Crippen LogP contribution in [0, 0.1) is 0 Å². The van der Waals surface area contributed by atoms with E-state index in [2.05, 4.69) is 20.9 Å². The first-order chi connectivity index (χ1) is 5.79. The summed E-state index contributed by atoms with van der Waals surface area (Å²) in [5, 5.41) is 0. The van der Waals surface area contributed by atoms with Gasteiger partial charge in [0.2, 0.25) is 6.29 Å². The first-order valence-electron chi connectivity index (χ1n) is 3.31. The van der Waals surface area contributed by atoms with Gasteiger partial charge in [-0.25, -0.2) is 4.98 Å². The second kappa shape index (κ2) is 2.71. The largest absolute Gasteiger partial charge is 0.434 e. The molecule has 1 heterocycles. The van der Waals surface area contributed by atoms with Crippen LogP contribution in [-0.4, -0.2) is 11.3 Å². The maximum absolute atomic E-state index is 10.3. The van der Waals surface area contributed by atoms with Crippen molar-refractivity contribution in [1.29, 1.82) is 0 Å². The fraction of sp³-hybridized carbons (Fsp3) is 0. The van der Waals surface area contributed by atoms with E-state index in [9.17, 15) is 4.79 Å². The van der Waals surface area contributed by atoms with Crippen molar-refractivity contribution in [2.75, 3.05) is 0 Å². The topological polar surface area (TPSA) is 43.1 Å². The van der Waals surface area contributed by atoms with E-state index < -0.39 is 0 Å². The van der Waals surface area contributed by atoms with E-state index in [1.807, 2.05) is 6.07 Å². The summed E-state index contributed by atoms with van der Waals surface area (Å²) in [7, 11) is 0. The molecule has 0 aliphatic rings. The first-order valence-corrected chi connectivity index (χ1v) is 4.10. The monoisotopic (exact) mass is 225 g/mol. The highest BCUT2D eigenvalue weighted by molar-refractivity contribution is 9.10. The molecule has 0 amide bonds. The van der Waals surface area contributed by atoms with Crippen LogP contribution in [0.3, 0.4) is 0 Å². The molecule has 0 bridgehead atoms. The van der Waals surface area contributed by atoms with E-state index in [0.29, 0.717) is 17.4 Å². The molecule has 1 aromatic heterocycles. The van der Waals surface area contributed by atoms with Gasteiger partial charge in [0.15, 0.2) is 5.58 Å². The van der Waals surface area contributed by atoms with Crippen LogP contribution in [0.4, 0.5) is 0 Å². The van der Waals surface area contributed by atoms with Gasteiger partial charge in [-0.3, -0.25) is 4.79 Å². The van der Waals surface area contributed by atoms with Crippen molar-refractivity contribution in [3.05, 3.63) is 28.6 Å². The number of aromatic nitrogens is 1. The molecule has 2 rings (SSSR count). The Morgan fingerprint density at radius 1 is 1.50 bits per heavy atom. The van der Waals surface area contributed by atoms with E-state index in [1.165, 1.54) is 0 Å². The Morgan fingerprint density at radius 2 is 2.33 bits per heavy atom. The Balaban J connectivity index is 2.75. The Hall–Kier alpha value is -1.16. The minimum absolute atomic E-state index is 0.114. The molecule has 0 unspecified atom stereocenters. The number of benzene rings is 1. The molecular formula is C8H4BrNO2. The molecule has 0 radical (unpaired) electrons.